The molecule has 188 valence electrons. The van der Waals surface area contributed by atoms with Crippen molar-refractivity contribution >= 4 is 5.69 Å². The Morgan fingerprint density at radius 1 is 1.06 bits per heavy atom. The third-order valence-electron chi connectivity index (χ3n) is 6.75. The van der Waals surface area contributed by atoms with Gasteiger partial charge in [0.25, 0.3) is 0 Å². The number of hydrogen-bond acceptors (Lipinski definition) is 4. The molecule has 0 aliphatic carbocycles. The lowest BCUT2D eigenvalue weighted by molar-refractivity contribution is -0.140. The molecule has 1 aliphatic heterocycles. The van der Waals surface area contributed by atoms with Gasteiger partial charge in [0, 0.05) is 48.8 Å². The van der Waals surface area contributed by atoms with E-state index in [0.29, 0.717) is 12.1 Å². The Labute approximate surface area is 208 Å². The van der Waals surface area contributed by atoms with E-state index in [1.165, 1.54) is 4.57 Å². The fraction of sp³-hybridized carbons (Fsp3) is 0.370. The van der Waals surface area contributed by atoms with Gasteiger partial charge < -0.3 is 14.0 Å². The molecule has 1 aromatic carbocycles. The topological polar surface area (TPSA) is 51.8 Å². The Hall–Kier alpha value is -3.62. The molecular weight excluding hydrogens is 465 g/mol. The van der Waals surface area contributed by atoms with Gasteiger partial charge in [0.1, 0.15) is 11.6 Å². The first-order valence-electron chi connectivity index (χ1n) is 12.0. The van der Waals surface area contributed by atoms with Gasteiger partial charge in [-0.25, -0.2) is 9.97 Å². The van der Waals surface area contributed by atoms with Gasteiger partial charge in [-0.1, -0.05) is 13.8 Å². The standard InChI is InChI=1S/C27H29F3N6/c1-16(2)24-21(7-6-12-31-24)25-22-14-35(13-17(3)36(22)18(4)32-25)20-10-8-19(9-11-20)26-33-23(15-34(26)5)27(28,29)30/h6-12,15-17H,13-14H2,1-5H3/t17-/m1/s1. The summed E-state index contributed by atoms with van der Waals surface area (Å²) in [4.78, 5) is 15.7. The smallest absolute Gasteiger partial charge is 0.364 e. The van der Waals surface area contributed by atoms with Crippen molar-refractivity contribution in [3.05, 3.63) is 71.7 Å². The Bertz CT molecular complexity index is 1400. The zero-order valence-corrected chi connectivity index (χ0v) is 21.0. The SMILES string of the molecule is Cc1nc(-c2cccnc2C(C)C)c2n1[C@H](C)CN(c1ccc(-c3nc(C(F)(F)F)cn3C)cc1)C2. The minimum atomic E-state index is -4.47. The third kappa shape index (κ3) is 4.16. The summed E-state index contributed by atoms with van der Waals surface area (Å²) in [5, 5.41) is 0. The third-order valence-corrected chi connectivity index (χ3v) is 6.75. The number of rotatable bonds is 4. The lowest BCUT2D eigenvalue weighted by atomic mass is 9.99. The molecule has 6 nitrogen and oxygen atoms in total. The van der Waals surface area contributed by atoms with Gasteiger partial charge in [0.05, 0.1) is 23.6 Å². The van der Waals surface area contributed by atoms with E-state index in [2.05, 4.69) is 46.3 Å². The van der Waals surface area contributed by atoms with Crippen LogP contribution < -0.4 is 4.90 Å². The molecule has 0 amide bonds. The maximum atomic E-state index is 13.1. The highest BCUT2D eigenvalue weighted by Gasteiger charge is 2.34. The number of anilines is 1. The molecule has 4 aromatic rings. The zero-order chi connectivity index (χ0) is 25.8. The summed E-state index contributed by atoms with van der Waals surface area (Å²) in [6.07, 6.45) is -1.63. The maximum Gasteiger partial charge on any atom is 0.434 e. The molecule has 0 saturated heterocycles. The molecule has 0 bridgehead atoms. The number of nitrogens with zero attached hydrogens (tertiary/aromatic N) is 6. The van der Waals surface area contributed by atoms with Crippen LogP contribution in [0.3, 0.4) is 0 Å². The zero-order valence-electron chi connectivity index (χ0n) is 21.0. The van der Waals surface area contributed by atoms with E-state index < -0.39 is 11.9 Å². The fourth-order valence-electron chi connectivity index (χ4n) is 5.15. The van der Waals surface area contributed by atoms with E-state index in [4.69, 9.17) is 4.98 Å². The normalized spacial score (nSPS) is 16.0. The first kappa shape index (κ1) is 24.1. The van der Waals surface area contributed by atoms with E-state index in [1.54, 1.807) is 7.05 Å². The van der Waals surface area contributed by atoms with E-state index in [9.17, 15) is 13.2 Å². The van der Waals surface area contributed by atoms with Crippen LogP contribution in [0.5, 0.6) is 0 Å². The molecule has 36 heavy (non-hydrogen) atoms. The number of imidazole rings is 2. The van der Waals surface area contributed by atoms with Gasteiger partial charge in [-0.05, 0) is 56.2 Å². The minimum Gasteiger partial charge on any atom is -0.364 e. The van der Waals surface area contributed by atoms with Gasteiger partial charge in [-0.3, -0.25) is 4.98 Å². The van der Waals surface area contributed by atoms with E-state index >= 15 is 0 Å². The Morgan fingerprint density at radius 3 is 2.42 bits per heavy atom. The van der Waals surface area contributed by atoms with Crippen LogP contribution >= 0.6 is 0 Å². The number of fused-ring (bicyclic) bond motifs is 1. The average molecular weight is 495 g/mol. The summed E-state index contributed by atoms with van der Waals surface area (Å²) < 4.78 is 43.0. The molecular formula is C27H29F3N6. The van der Waals surface area contributed by atoms with Crippen LogP contribution in [0.15, 0.2) is 48.8 Å². The molecule has 0 N–H and O–H groups in total. The van der Waals surface area contributed by atoms with Crippen LogP contribution in [0.1, 0.15) is 55.6 Å². The van der Waals surface area contributed by atoms with Gasteiger partial charge in [0.15, 0.2) is 5.69 Å². The van der Waals surface area contributed by atoms with Gasteiger partial charge in [-0.15, -0.1) is 0 Å². The van der Waals surface area contributed by atoms with Crippen LogP contribution in [0.25, 0.3) is 22.6 Å². The first-order valence-corrected chi connectivity index (χ1v) is 12.0. The van der Waals surface area contributed by atoms with Crippen molar-refractivity contribution in [1.82, 2.24) is 24.1 Å². The average Bonchev–Trinajstić information content (AvgIpc) is 3.39. The molecule has 1 aliphatic rings. The number of benzene rings is 1. The molecule has 3 aromatic heterocycles. The van der Waals surface area contributed by atoms with Crippen molar-refractivity contribution in [1.29, 1.82) is 0 Å². The van der Waals surface area contributed by atoms with Crippen LogP contribution in [0.2, 0.25) is 0 Å². The number of alkyl halides is 3. The second-order valence-corrected chi connectivity index (χ2v) is 9.75. The fourth-order valence-corrected chi connectivity index (χ4v) is 5.15. The van der Waals surface area contributed by atoms with Crippen LogP contribution in [-0.4, -0.2) is 30.6 Å². The van der Waals surface area contributed by atoms with E-state index in [-0.39, 0.29) is 17.8 Å². The summed E-state index contributed by atoms with van der Waals surface area (Å²) >= 11 is 0. The molecule has 1 atom stereocenters. The van der Waals surface area contributed by atoms with Crippen LogP contribution in [0, 0.1) is 6.92 Å². The van der Waals surface area contributed by atoms with E-state index in [1.807, 2.05) is 43.5 Å². The van der Waals surface area contributed by atoms with Gasteiger partial charge >= 0.3 is 6.18 Å². The second-order valence-electron chi connectivity index (χ2n) is 9.75. The molecule has 9 heteroatoms. The summed E-state index contributed by atoms with van der Waals surface area (Å²) in [6, 6.07) is 11.8. The highest BCUT2D eigenvalue weighted by Crippen LogP contribution is 2.37. The highest BCUT2D eigenvalue weighted by molar-refractivity contribution is 5.67. The second kappa shape index (κ2) is 8.80. The summed E-state index contributed by atoms with van der Waals surface area (Å²) in [6.45, 7) is 9.97. The lowest BCUT2D eigenvalue weighted by Gasteiger charge is -2.35. The molecule has 5 rings (SSSR count). The monoisotopic (exact) mass is 494 g/mol. The Kier molecular flexibility index (Phi) is 5.89. The predicted octanol–water partition coefficient (Wildman–Crippen LogP) is 6.38. The van der Waals surface area contributed by atoms with Crippen molar-refractivity contribution in [3.63, 3.8) is 0 Å². The summed E-state index contributed by atoms with van der Waals surface area (Å²) in [7, 11) is 1.58. The molecule has 0 saturated carbocycles. The van der Waals surface area contributed by atoms with Crippen LogP contribution in [-0.2, 0) is 19.8 Å². The molecule has 0 spiro atoms. The number of halogens is 3. The lowest BCUT2D eigenvalue weighted by Crippen LogP contribution is -2.36. The van der Waals surface area contributed by atoms with Gasteiger partial charge in [0.2, 0.25) is 0 Å². The van der Waals surface area contributed by atoms with Gasteiger partial charge in [-0.2, -0.15) is 13.2 Å². The minimum absolute atomic E-state index is 0.206. The summed E-state index contributed by atoms with van der Waals surface area (Å²) in [5.74, 6) is 1.54. The maximum absolute atomic E-state index is 13.1. The van der Waals surface area contributed by atoms with Crippen molar-refractivity contribution in [2.45, 2.75) is 52.4 Å². The predicted molar refractivity (Wildman–Crippen MR) is 134 cm³/mol. The summed E-state index contributed by atoms with van der Waals surface area (Å²) in [5.41, 5.74) is 4.95. The largest absolute Gasteiger partial charge is 0.434 e. The van der Waals surface area contributed by atoms with Crippen molar-refractivity contribution in [2.24, 2.45) is 7.05 Å². The highest BCUT2D eigenvalue weighted by atomic mass is 19.4. The Balaban J connectivity index is 1.48. The number of hydrogen-bond donors (Lipinski definition) is 0. The number of pyridine rings is 1. The quantitative estimate of drug-likeness (QED) is 0.331. The molecule has 0 unspecified atom stereocenters. The first-order chi connectivity index (χ1) is 17.0. The van der Waals surface area contributed by atoms with E-state index in [0.717, 1.165) is 46.9 Å². The van der Waals surface area contributed by atoms with Crippen molar-refractivity contribution in [2.75, 3.05) is 11.4 Å². The van der Waals surface area contributed by atoms with Crippen molar-refractivity contribution < 1.29 is 13.2 Å². The van der Waals surface area contributed by atoms with Crippen LogP contribution in [0.4, 0.5) is 18.9 Å². The number of aryl methyl sites for hydroxylation is 2. The Morgan fingerprint density at radius 2 is 1.78 bits per heavy atom. The molecule has 4 heterocycles. The van der Waals surface area contributed by atoms with Crippen molar-refractivity contribution in [3.8, 4) is 22.6 Å². The molecule has 0 fully saturated rings. The molecule has 0 radical (unpaired) electrons. The number of aromatic nitrogens is 5.